The molecule has 5 aromatic rings. The molecule has 0 aliphatic heterocycles. The molecule has 3 heterocycles. The fraction of sp³-hybridized carbons (Fsp3) is 0.185. The van der Waals surface area contributed by atoms with Crippen LogP contribution in [0.3, 0.4) is 0 Å². The number of thioether (sulfide) groups is 1. The molecule has 34 heavy (non-hydrogen) atoms. The lowest BCUT2D eigenvalue weighted by Gasteiger charge is -2.13. The molecule has 0 radical (unpaired) electrons. The Balaban J connectivity index is 1.45. The van der Waals surface area contributed by atoms with Gasteiger partial charge < -0.3 is 0 Å². The van der Waals surface area contributed by atoms with Crippen LogP contribution in [0.15, 0.2) is 93.7 Å². The van der Waals surface area contributed by atoms with E-state index >= 15 is 0 Å². The second-order valence-corrected chi connectivity index (χ2v) is 9.16. The molecular weight excluding hydrogens is 444 g/mol. The Morgan fingerprint density at radius 3 is 2.56 bits per heavy atom. The summed E-state index contributed by atoms with van der Waals surface area (Å²) < 4.78 is 3.31. The van der Waals surface area contributed by atoms with Crippen LogP contribution in [0.25, 0.3) is 16.6 Å². The highest BCUT2D eigenvalue weighted by atomic mass is 32.2. The van der Waals surface area contributed by atoms with E-state index in [-0.39, 0.29) is 11.1 Å². The Kier molecular flexibility index (Phi) is 6.27. The number of aromatic nitrogens is 4. The number of fused-ring (bicyclic) bond motifs is 2. The Morgan fingerprint density at radius 2 is 1.71 bits per heavy atom. The molecule has 7 heteroatoms. The van der Waals surface area contributed by atoms with Crippen LogP contribution in [-0.4, -0.2) is 18.9 Å². The number of pyridine rings is 1. The van der Waals surface area contributed by atoms with E-state index in [0.29, 0.717) is 39.7 Å². The van der Waals surface area contributed by atoms with Gasteiger partial charge in [0.15, 0.2) is 5.16 Å². The molecule has 0 atom stereocenters. The van der Waals surface area contributed by atoms with Gasteiger partial charge >= 0.3 is 0 Å². The number of nitrogens with zero attached hydrogens (tertiary/aromatic N) is 4. The molecule has 0 fully saturated rings. The van der Waals surface area contributed by atoms with Crippen molar-refractivity contribution >= 4 is 28.3 Å². The fourth-order valence-electron chi connectivity index (χ4n) is 4.06. The molecule has 0 amide bonds. The molecule has 0 saturated heterocycles. The lowest BCUT2D eigenvalue weighted by molar-refractivity contribution is 0.564. The van der Waals surface area contributed by atoms with Gasteiger partial charge in [-0.2, -0.15) is 0 Å². The van der Waals surface area contributed by atoms with Crippen molar-refractivity contribution < 1.29 is 0 Å². The maximum atomic E-state index is 13.3. The monoisotopic (exact) mass is 468 g/mol. The van der Waals surface area contributed by atoms with Gasteiger partial charge in [0.1, 0.15) is 5.65 Å². The lowest BCUT2D eigenvalue weighted by atomic mass is 10.1. The first-order valence-corrected chi connectivity index (χ1v) is 12.2. The zero-order chi connectivity index (χ0) is 23.5. The number of hydrogen-bond acceptors (Lipinski definition) is 5. The number of benzene rings is 2. The van der Waals surface area contributed by atoms with Crippen LogP contribution in [0.1, 0.15) is 23.2 Å². The zero-order valence-corrected chi connectivity index (χ0v) is 19.7. The minimum absolute atomic E-state index is 0.0384. The molecule has 0 N–H and O–H groups in total. The molecule has 0 spiro atoms. The van der Waals surface area contributed by atoms with Crippen LogP contribution < -0.4 is 11.1 Å². The van der Waals surface area contributed by atoms with E-state index in [4.69, 9.17) is 9.97 Å². The highest BCUT2D eigenvalue weighted by molar-refractivity contribution is 7.98. The van der Waals surface area contributed by atoms with Crippen LogP contribution in [0, 0.1) is 6.92 Å². The SMILES string of the molecule is Cc1cccn2c(=O)cc(CSc3nc4ccccc4c(=O)n3CCCc3ccccc3)nc12. The second-order valence-electron chi connectivity index (χ2n) is 8.22. The Morgan fingerprint density at radius 1 is 0.912 bits per heavy atom. The normalized spacial score (nSPS) is 11.3. The lowest BCUT2D eigenvalue weighted by Crippen LogP contribution is -2.24. The van der Waals surface area contributed by atoms with Crippen molar-refractivity contribution in [3.63, 3.8) is 0 Å². The van der Waals surface area contributed by atoms with Gasteiger partial charge in [-0.25, -0.2) is 9.97 Å². The first-order valence-electron chi connectivity index (χ1n) is 11.2. The Labute approximate surface area is 200 Å². The summed E-state index contributed by atoms with van der Waals surface area (Å²) in [5.41, 5.74) is 4.03. The smallest absolute Gasteiger partial charge is 0.262 e. The van der Waals surface area contributed by atoms with Crippen molar-refractivity contribution in [1.29, 1.82) is 0 Å². The molecule has 0 aliphatic carbocycles. The molecule has 5 rings (SSSR count). The number of hydrogen-bond donors (Lipinski definition) is 0. The zero-order valence-electron chi connectivity index (χ0n) is 18.8. The highest BCUT2D eigenvalue weighted by Crippen LogP contribution is 2.22. The minimum Gasteiger partial charge on any atom is -0.287 e. The van der Waals surface area contributed by atoms with Crippen molar-refractivity contribution in [2.75, 3.05) is 0 Å². The fourth-order valence-corrected chi connectivity index (χ4v) is 4.98. The molecule has 0 saturated carbocycles. The van der Waals surface area contributed by atoms with Crippen LogP contribution in [-0.2, 0) is 18.7 Å². The summed E-state index contributed by atoms with van der Waals surface area (Å²) in [6.07, 6.45) is 3.43. The van der Waals surface area contributed by atoms with Crippen LogP contribution in [0.2, 0.25) is 0 Å². The van der Waals surface area contributed by atoms with Gasteiger partial charge in [-0.05, 0) is 49.1 Å². The topological polar surface area (TPSA) is 69.3 Å². The summed E-state index contributed by atoms with van der Waals surface area (Å²) in [7, 11) is 0. The predicted octanol–water partition coefficient (Wildman–Crippen LogP) is 4.64. The van der Waals surface area contributed by atoms with E-state index in [0.717, 1.165) is 18.4 Å². The molecule has 170 valence electrons. The highest BCUT2D eigenvalue weighted by Gasteiger charge is 2.13. The van der Waals surface area contributed by atoms with Gasteiger partial charge in [0.25, 0.3) is 11.1 Å². The first-order chi connectivity index (χ1) is 16.6. The third-order valence-electron chi connectivity index (χ3n) is 5.81. The van der Waals surface area contributed by atoms with Crippen molar-refractivity contribution in [3.05, 3.63) is 117 Å². The minimum atomic E-state index is -0.115. The third kappa shape index (κ3) is 4.52. The number of aryl methyl sites for hydroxylation is 2. The van der Waals surface area contributed by atoms with Crippen molar-refractivity contribution in [2.45, 2.75) is 37.2 Å². The molecule has 6 nitrogen and oxygen atoms in total. The van der Waals surface area contributed by atoms with E-state index in [1.807, 2.05) is 61.5 Å². The van der Waals surface area contributed by atoms with E-state index in [2.05, 4.69) is 12.1 Å². The van der Waals surface area contributed by atoms with E-state index in [1.54, 1.807) is 21.2 Å². The third-order valence-corrected chi connectivity index (χ3v) is 6.82. The predicted molar refractivity (Wildman–Crippen MR) is 137 cm³/mol. The van der Waals surface area contributed by atoms with Crippen molar-refractivity contribution in [1.82, 2.24) is 18.9 Å². The van der Waals surface area contributed by atoms with Gasteiger partial charge in [-0.3, -0.25) is 18.6 Å². The maximum Gasteiger partial charge on any atom is 0.262 e. The standard InChI is InChI=1S/C27H24N4O2S/c1-19-9-7-15-30-24(32)17-21(28-25(19)30)18-34-27-29-23-14-6-5-13-22(23)26(33)31(27)16-8-12-20-10-3-2-4-11-20/h2-7,9-11,13-15,17H,8,12,16,18H2,1H3. The summed E-state index contributed by atoms with van der Waals surface area (Å²) in [6.45, 7) is 2.51. The molecule has 0 unspecified atom stereocenters. The summed E-state index contributed by atoms with van der Waals surface area (Å²) in [5, 5.41) is 1.26. The molecular formula is C27H24N4O2S. The molecule has 0 aliphatic rings. The summed E-state index contributed by atoms with van der Waals surface area (Å²) in [4.78, 5) is 35.4. The van der Waals surface area contributed by atoms with E-state index in [1.165, 1.54) is 17.3 Å². The quantitative estimate of drug-likeness (QED) is 0.257. The van der Waals surface area contributed by atoms with Crippen LogP contribution in [0.5, 0.6) is 0 Å². The Hall–Kier alpha value is -3.71. The van der Waals surface area contributed by atoms with E-state index in [9.17, 15) is 9.59 Å². The molecule has 2 aromatic carbocycles. The second kappa shape index (κ2) is 9.65. The van der Waals surface area contributed by atoms with Gasteiger partial charge in [-0.15, -0.1) is 0 Å². The van der Waals surface area contributed by atoms with Crippen LogP contribution >= 0.6 is 11.8 Å². The average molecular weight is 469 g/mol. The summed E-state index contributed by atoms with van der Waals surface area (Å²) in [5.74, 6) is 0.448. The largest absolute Gasteiger partial charge is 0.287 e. The van der Waals surface area contributed by atoms with Crippen molar-refractivity contribution in [2.24, 2.45) is 0 Å². The van der Waals surface area contributed by atoms with Gasteiger partial charge in [0, 0.05) is 24.6 Å². The summed E-state index contributed by atoms with van der Waals surface area (Å²) in [6, 6.07) is 23.0. The first kappa shape index (κ1) is 22.1. The maximum absolute atomic E-state index is 13.3. The van der Waals surface area contributed by atoms with Crippen molar-refractivity contribution in [3.8, 4) is 0 Å². The molecule has 3 aromatic heterocycles. The Bertz CT molecular complexity index is 1590. The average Bonchev–Trinajstić information content (AvgIpc) is 2.86. The van der Waals surface area contributed by atoms with Gasteiger partial charge in [0.05, 0.1) is 16.6 Å². The molecule has 0 bridgehead atoms. The van der Waals surface area contributed by atoms with Gasteiger partial charge in [-0.1, -0.05) is 60.3 Å². The number of para-hydroxylation sites is 1. The summed E-state index contributed by atoms with van der Waals surface area (Å²) >= 11 is 1.44. The number of rotatable bonds is 7. The van der Waals surface area contributed by atoms with Crippen LogP contribution in [0.4, 0.5) is 0 Å². The van der Waals surface area contributed by atoms with E-state index < -0.39 is 0 Å². The van der Waals surface area contributed by atoms with Gasteiger partial charge in [0.2, 0.25) is 0 Å².